The number of carboxylic acids is 1. The summed E-state index contributed by atoms with van der Waals surface area (Å²) in [6.45, 7) is 2.87. The Hall–Kier alpha value is -1.45. The van der Waals surface area contributed by atoms with Gasteiger partial charge < -0.3 is 9.84 Å². The summed E-state index contributed by atoms with van der Waals surface area (Å²) in [5.74, 6) is -1.85. The molecule has 20 heavy (non-hydrogen) atoms. The first kappa shape index (κ1) is 16.6. The summed E-state index contributed by atoms with van der Waals surface area (Å²) < 4.78 is 30.0. The van der Waals surface area contributed by atoms with Gasteiger partial charge in [-0.2, -0.15) is 4.31 Å². The molecule has 0 spiro atoms. The molecule has 0 aliphatic heterocycles. The van der Waals surface area contributed by atoms with Crippen LogP contribution in [0.25, 0.3) is 0 Å². The van der Waals surface area contributed by atoms with Crippen molar-refractivity contribution in [3.8, 4) is 0 Å². The van der Waals surface area contributed by atoms with Crippen LogP contribution in [0.2, 0.25) is 0 Å². The number of aryl methyl sites for hydroxylation is 1. The number of hydrogen-bond donors (Lipinski definition) is 1. The molecule has 0 bridgehead atoms. The van der Waals surface area contributed by atoms with Crippen molar-refractivity contribution < 1.29 is 27.9 Å². The molecular formula is C11H15NO6S2. The maximum absolute atomic E-state index is 12.3. The monoisotopic (exact) mass is 321 g/mol. The zero-order valence-corrected chi connectivity index (χ0v) is 12.9. The first-order valence-corrected chi connectivity index (χ1v) is 7.91. The van der Waals surface area contributed by atoms with Crippen molar-refractivity contribution in [2.75, 3.05) is 20.2 Å². The van der Waals surface area contributed by atoms with Gasteiger partial charge in [0.25, 0.3) is 0 Å². The summed E-state index contributed by atoms with van der Waals surface area (Å²) in [6, 6.07) is 1.10. The van der Waals surface area contributed by atoms with Gasteiger partial charge in [-0.15, -0.1) is 11.3 Å². The smallest absolute Gasteiger partial charge is 0.345 e. The molecule has 112 valence electrons. The van der Waals surface area contributed by atoms with Gasteiger partial charge in [-0.3, -0.25) is 4.79 Å². The molecule has 1 heterocycles. The van der Waals surface area contributed by atoms with Crippen LogP contribution >= 0.6 is 11.3 Å². The summed E-state index contributed by atoms with van der Waals surface area (Å²) in [5.41, 5.74) is 0. The van der Waals surface area contributed by atoms with E-state index in [0.29, 0.717) is 4.88 Å². The van der Waals surface area contributed by atoms with Crippen molar-refractivity contribution in [1.29, 1.82) is 0 Å². The predicted octanol–water partition coefficient (Wildman–Crippen LogP) is 0.938. The minimum Gasteiger partial charge on any atom is -0.477 e. The van der Waals surface area contributed by atoms with E-state index in [1.54, 1.807) is 6.92 Å². The average molecular weight is 321 g/mol. The fourth-order valence-electron chi connectivity index (χ4n) is 1.47. The zero-order chi connectivity index (χ0) is 15.5. The Bertz CT molecular complexity index is 619. The Morgan fingerprint density at radius 2 is 2.05 bits per heavy atom. The number of carboxylic acid groups (broad SMARTS) is 1. The van der Waals surface area contributed by atoms with Crippen LogP contribution in [0.1, 0.15) is 21.5 Å². The van der Waals surface area contributed by atoms with Gasteiger partial charge in [0.15, 0.2) is 0 Å². The SMILES string of the molecule is CCOC(=O)CN(C)S(=O)(=O)c1cc(C(=O)O)sc1C. The van der Waals surface area contributed by atoms with Crippen LogP contribution in [-0.4, -0.2) is 50.0 Å². The lowest BCUT2D eigenvalue weighted by molar-refractivity contribution is -0.143. The number of carbonyl (C=O) groups is 2. The van der Waals surface area contributed by atoms with Crippen molar-refractivity contribution in [2.45, 2.75) is 18.7 Å². The molecule has 0 radical (unpaired) electrons. The van der Waals surface area contributed by atoms with Gasteiger partial charge in [-0.05, 0) is 19.9 Å². The summed E-state index contributed by atoms with van der Waals surface area (Å²) in [4.78, 5) is 22.4. The average Bonchev–Trinajstić information content (AvgIpc) is 2.72. The van der Waals surface area contributed by atoms with E-state index in [1.807, 2.05) is 0 Å². The van der Waals surface area contributed by atoms with Gasteiger partial charge in [0, 0.05) is 11.9 Å². The van der Waals surface area contributed by atoms with Gasteiger partial charge >= 0.3 is 11.9 Å². The summed E-state index contributed by atoms with van der Waals surface area (Å²) in [6.07, 6.45) is 0. The lowest BCUT2D eigenvalue weighted by atomic mass is 10.4. The fourth-order valence-corrected chi connectivity index (χ4v) is 3.98. The number of nitrogens with zero attached hydrogens (tertiary/aromatic N) is 1. The van der Waals surface area contributed by atoms with Crippen LogP contribution in [0.4, 0.5) is 0 Å². The normalized spacial score (nSPS) is 11.6. The van der Waals surface area contributed by atoms with E-state index >= 15 is 0 Å². The number of thiophene rings is 1. The van der Waals surface area contributed by atoms with Crippen LogP contribution in [0, 0.1) is 6.92 Å². The molecule has 0 aromatic carbocycles. The fraction of sp³-hybridized carbons (Fsp3) is 0.455. The van der Waals surface area contributed by atoms with Gasteiger partial charge in [0.2, 0.25) is 10.0 Å². The summed E-state index contributed by atoms with van der Waals surface area (Å²) in [7, 11) is -2.68. The summed E-state index contributed by atoms with van der Waals surface area (Å²) >= 11 is 0.874. The van der Waals surface area contributed by atoms with Crippen LogP contribution in [0.3, 0.4) is 0 Å². The Labute approximate surface area is 120 Å². The van der Waals surface area contributed by atoms with E-state index in [4.69, 9.17) is 5.11 Å². The molecule has 7 nitrogen and oxygen atoms in total. The van der Waals surface area contributed by atoms with E-state index in [0.717, 1.165) is 21.7 Å². The molecule has 0 fully saturated rings. The van der Waals surface area contributed by atoms with Gasteiger partial charge in [0.1, 0.15) is 11.4 Å². The number of sulfonamides is 1. The number of carbonyl (C=O) groups excluding carboxylic acids is 1. The van der Waals surface area contributed by atoms with Crippen molar-refractivity contribution in [2.24, 2.45) is 0 Å². The Balaban J connectivity index is 3.04. The Morgan fingerprint density at radius 1 is 1.45 bits per heavy atom. The van der Waals surface area contributed by atoms with Crippen LogP contribution < -0.4 is 0 Å². The van der Waals surface area contributed by atoms with Crippen molar-refractivity contribution in [1.82, 2.24) is 4.31 Å². The second kappa shape index (κ2) is 6.33. The van der Waals surface area contributed by atoms with E-state index in [-0.39, 0.29) is 16.4 Å². The van der Waals surface area contributed by atoms with E-state index in [1.165, 1.54) is 14.0 Å². The predicted molar refractivity (Wildman–Crippen MR) is 72.5 cm³/mol. The maximum atomic E-state index is 12.3. The molecule has 1 aromatic rings. The number of likely N-dealkylation sites (N-methyl/N-ethyl adjacent to an activating group) is 1. The third-order valence-corrected chi connectivity index (χ3v) is 5.53. The van der Waals surface area contributed by atoms with E-state index in [2.05, 4.69) is 4.74 Å². The molecule has 0 aliphatic carbocycles. The molecule has 0 aliphatic rings. The van der Waals surface area contributed by atoms with E-state index in [9.17, 15) is 18.0 Å². The van der Waals surface area contributed by atoms with Gasteiger partial charge in [-0.1, -0.05) is 0 Å². The van der Waals surface area contributed by atoms with Gasteiger partial charge in [0.05, 0.1) is 11.5 Å². The Kier molecular flexibility index (Phi) is 5.26. The first-order valence-electron chi connectivity index (χ1n) is 5.65. The number of hydrogen-bond acceptors (Lipinski definition) is 6. The molecule has 1 N–H and O–H groups in total. The van der Waals surface area contributed by atoms with Crippen LogP contribution in [0.5, 0.6) is 0 Å². The lowest BCUT2D eigenvalue weighted by Crippen LogP contribution is -2.33. The molecule has 0 unspecified atom stereocenters. The molecule has 0 amide bonds. The zero-order valence-electron chi connectivity index (χ0n) is 11.2. The van der Waals surface area contributed by atoms with Gasteiger partial charge in [-0.25, -0.2) is 13.2 Å². The topological polar surface area (TPSA) is 101 Å². The highest BCUT2D eigenvalue weighted by molar-refractivity contribution is 7.89. The third-order valence-electron chi connectivity index (χ3n) is 2.43. The highest BCUT2D eigenvalue weighted by Gasteiger charge is 2.28. The number of rotatable bonds is 6. The minimum atomic E-state index is -3.92. The molecule has 0 saturated carbocycles. The van der Waals surface area contributed by atoms with Crippen LogP contribution in [0.15, 0.2) is 11.0 Å². The quantitative estimate of drug-likeness (QED) is 0.783. The molecule has 0 atom stereocenters. The molecule has 1 aromatic heterocycles. The number of aromatic carboxylic acids is 1. The maximum Gasteiger partial charge on any atom is 0.345 e. The largest absolute Gasteiger partial charge is 0.477 e. The standard InChI is InChI=1S/C11H15NO6S2/c1-4-18-10(13)6-12(3)20(16,17)9-5-8(11(14)15)19-7(9)2/h5H,4,6H2,1-3H3,(H,14,15). The minimum absolute atomic E-state index is 0.0643. The van der Waals surface area contributed by atoms with E-state index < -0.39 is 28.5 Å². The lowest BCUT2D eigenvalue weighted by Gasteiger charge is -2.15. The van der Waals surface area contributed by atoms with Crippen molar-refractivity contribution in [3.05, 3.63) is 15.8 Å². The first-order chi connectivity index (χ1) is 9.20. The second-order valence-electron chi connectivity index (χ2n) is 3.90. The van der Waals surface area contributed by atoms with Crippen molar-refractivity contribution in [3.63, 3.8) is 0 Å². The molecule has 1 rings (SSSR count). The number of ether oxygens (including phenoxy) is 1. The Morgan fingerprint density at radius 3 is 2.50 bits per heavy atom. The highest BCUT2D eigenvalue weighted by atomic mass is 32.2. The third kappa shape index (κ3) is 3.56. The molecule has 9 heteroatoms. The van der Waals surface area contributed by atoms with Crippen LogP contribution in [-0.2, 0) is 19.6 Å². The molecular weight excluding hydrogens is 306 g/mol. The van der Waals surface area contributed by atoms with Crippen molar-refractivity contribution >= 4 is 33.3 Å². The second-order valence-corrected chi connectivity index (χ2v) is 7.17. The molecule has 0 saturated heterocycles. The summed E-state index contributed by atoms with van der Waals surface area (Å²) in [5, 5.41) is 8.87. The number of esters is 1. The highest BCUT2D eigenvalue weighted by Crippen LogP contribution is 2.27.